The van der Waals surface area contributed by atoms with Crippen molar-refractivity contribution in [2.45, 2.75) is 31.1 Å². The third kappa shape index (κ3) is 2.42. The first kappa shape index (κ1) is 13.8. The fourth-order valence-electron chi connectivity index (χ4n) is 3.29. The number of rotatable bonds is 4. The van der Waals surface area contributed by atoms with E-state index in [-0.39, 0.29) is 4.90 Å². The van der Waals surface area contributed by atoms with Gasteiger partial charge in [-0.3, -0.25) is 0 Å². The smallest absolute Gasteiger partial charge is 0.244 e. The molecule has 0 radical (unpaired) electrons. The van der Waals surface area contributed by atoms with Crippen molar-refractivity contribution in [2.24, 2.45) is 11.8 Å². The van der Waals surface area contributed by atoms with Crippen LogP contribution in [0.2, 0.25) is 0 Å². The summed E-state index contributed by atoms with van der Waals surface area (Å²) in [5.74, 6) is 1.57. The van der Waals surface area contributed by atoms with Gasteiger partial charge in [0.25, 0.3) is 0 Å². The van der Waals surface area contributed by atoms with E-state index in [0.717, 1.165) is 12.8 Å². The van der Waals surface area contributed by atoms with Crippen LogP contribution in [0.3, 0.4) is 0 Å². The number of fused-ring (bicyclic) bond motifs is 1. The maximum Gasteiger partial charge on any atom is 0.244 e. The lowest BCUT2D eigenvalue weighted by Gasteiger charge is -2.17. The average Bonchev–Trinajstić information content (AvgIpc) is 3.00. The minimum Gasteiger partial charge on any atom is -0.478 e. The molecular weight excluding hydrogens is 276 g/mol. The summed E-state index contributed by atoms with van der Waals surface area (Å²) in [6.07, 6.45) is 4.97. The Morgan fingerprint density at radius 2 is 2.00 bits per heavy atom. The molecule has 2 aliphatic rings. The van der Waals surface area contributed by atoms with E-state index in [9.17, 15) is 8.42 Å². The highest BCUT2D eigenvalue weighted by molar-refractivity contribution is 7.89. The maximum atomic E-state index is 12.6. The second-order valence-electron chi connectivity index (χ2n) is 5.54. The Morgan fingerprint density at radius 1 is 1.30 bits per heavy atom. The molecule has 6 heteroatoms. The van der Waals surface area contributed by atoms with Gasteiger partial charge in [0, 0.05) is 19.2 Å². The topological polar surface area (TPSA) is 59.5 Å². The van der Waals surface area contributed by atoms with Crippen LogP contribution in [0.1, 0.15) is 26.2 Å². The second-order valence-corrected chi connectivity index (χ2v) is 7.48. The molecule has 2 atom stereocenters. The van der Waals surface area contributed by atoms with Gasteiger partial charge in [0.05, 0.1) is 12.8 Å². The number of hydrogen-bond donors (Lipinski definition) is 0. The number of hydrogen-bond acceptors (Lipinski definition) is 4. The van der Waals surface area contributed by atoms with Crippen LogP contribution < -0.4 is 4.74 Å². The van der Waals surface area contributed by atoms with Crippen molar-refractivity contribution in [3.8, 4) is 5.88 Å². The van der Waals surface area contributed by atoms with Crippen molar-refractivity contribution in [2.75, 3.05) is 19.7 Å². The maximum absolute atomic E-state index is 12.6. The van der Waals surface area contributed by atoms with Crippen LogP contribution in [0.5, 0.6) is 5.88 Å². The Balaban J connectivity index is 1.78. The molecule has 0 amide bonds. The normalized spacial score (nSPS) is 26.6. The highest BCUT2D eigenvalue weighted by Gasteiger charge is 2.41. The Hall–Kier alpha value is -1.14. The molecule has 0 aromatic carbocycles. The zero-order valence-electron chi connectivity index (χ0n) is 11.7. The van der Waals surface area contributed by atoms with Gasteiger partial charge in [0.2, 0.25) is 15.9 Å². The van der Waals surface area contributed by atoms with E-state index in [1.807, 2.05) is 6.92 Å². The van der Waals surface area contributed by atoms with Gasteiger partial charge in [-0.15, -0.1) is 0 Å². The number of nitrogens with zero attached hydrogens (tertiary/aromatic N) is 2. The molecule has 0 N–H and O–H groups in total. The van der Waals surface area contributed by atoms with Gasteiger partial charge in [-0.1, -0.05) is 6.42 Å². The highest BCUT2D eigenvalue weighted by atomic mass is 32.2. The Bertz CT molecular complexity index is 559. The van der Waals surface area contributed by atoms with Crippen LogP contribution in [-0.4, -0.2) is 37.4 Å². The molecule has 20 heavy (non-hydrogen) atoms. The number of pyridine rings is 1. The molecule has 1 saturated carbocycles. The van der Waals surface area contributed by atoms with E-state index in [2.05, 4.69) is 4.98 Å². The first-order valence-corrected chi connectivity index (χ1v) is 8.64. The van der Waals surface area contributed by atoms with Crippen LogP contribution in [0, 0.1) is 11.8 Å². The van der Waals surface area contributed by atoms with Crippen LogP contribution >= 0.6 is 0 Å². The molecule has 2 heterocycles. The average molecular weight is 296 g/mol. The van der Waals surface area contributed by atoms with Gasteiger partial charge < -0.3 is 4.74 Å². The highest BCUT2D eigenvalue weighted by Crippen LogP contribution is 2.39. The lowest BCUT2D eigenvalue weighted by molar-refractivity contribution is 0.326. The third-order valence-corrected chi connectivity index (χ3v) is 6.15. The van der Waals surface area contributed by atoms with E-state index in [4.69, 9.17) is 4.74 Å². The van der Waals surface area contributed by atoms with E-state index in [0.29, 0.717) is 37.4 Å². The summed E-state index contributed by atoms with van der Waals surface area (Å²) in [4.78, 5) is 4.31. The number of ether oxygens (including phenoxy) is 1. The summed E-state index contributed by atoms with van der Waals surface area (Å²) in [7, 11) is -3.40. The molecule has 3 rings (SSSR count). The van der Waals surface area contributed by atoms with Crippen molar-refractivity contribution in [1.29, 1.82) is 0 Å². The van der Waals surface area contributed by atoms with E-state index < -0.39 is 10.0 Å². The van der Waals surface area contributed by atoms with Crippen LogP contribution in [-0.2, 0) is 10.0 Å². The summed E-state index contributed by atoms with van der Waals surface area (Å²) in [5, 5.41) is 0. The minimum atomic E-state index is -3.40. The summed E-state index contributed by atoms with van der Waals surface area (Å²) >= 11 is 0. The van der Waals surface area contributed by atoms with Gasteiger partial charge in [0.15, 0.2) is 0 Å². The molecule has 1 aliphatic carbocycles. The summed E-state index contributed by atoms with van der Waals surface area (Å²) in [6, 6.07) is 3.20. The first-order valence-electron chi connectivity index (χ1n) is 7.20. The van der Waals surface area contributed by atoms with E-state index >= 15 is 0 Å². The Kier molecular flexibility index (Phi) is 3.69. The molecule has 1 aromatic rings. The molecule has 0 unspecified atom stereocenters. The first-order chi connectivity index (χ1) is 9.61. The minimum absolute atomic E-state index is 0.265. The number of aromatic nitrogens is 1. The molecule has 0 spiro atoms. The van der Waals surface area contributed by atoms with Crippen molar-refractivity contribution < 1.29 is 13.2 Å². The molecule has 0 bridgehead atoms. The van der Waals surface area contributed by atoms with Crippen molar-refractivity contribution in [3.63, 3.8) is 0 Å². The molecule has 1 aliphatic heterocycles. The van der Waals surface area contributed by atoms with Crippen LogP contribution in [0.15, 0.2) is 23.2 Å². The SMILES string of the molecule is CCOc1ccc(S(=O)(=O)N2C[C@@H]3CCC[C@H]3C2)cn1. The van der Waals surface area contributed by atoms with Gasteiger partial charge in [-0.2, -0.15) is 4.31 Å². The monoisotopic (exact) mass is 296 g/mol. The van der Waals surface area contributed by atoms with E-state index in [1.54, 1.807) is 16.4 Å². The Morgan fingerprint density at radius 3 is 2.55 bits per heavy atom. The molecule has 5 nitrogen and oxygen atoms in total. The van der Waals surface area contributed by atoms with Crippen molar-refractivity contribution in [1.82, 2.24) is 9.29 Å². The van der Waals surface area contributed by atoms with Crippen molar-refractivity contribution >= 4 is 10.0 Å². The second kappa shape index (κ2) is 5.33. The molecule has 1 aromatic heterocycles. The number of sulfonamides is 1. The lowest BCUT2D eigenvalue weighted by atomic mass is 10.0. The van der Waals surface area contributed by atoms with Crippen LogP contribution in [0.25, 0.3) is 0 Å². The summed E-state index contributed by atoms with van der Waals surface area (Å²) < 4.78 is 32.0. The van der Waals surface area contributed by atoms with Gasteiger partial charge in [-0.05, 0) is 37.7 Å². The summed E-state index contributed by atoms with van der Waals surface area (Å²) in [6.45, 7) is 3.73. The van der Waals surface area contributed by atoms with Gasteiger partial charge in [-0.25, -0.2) is 13.4 Å². The Labute approximate surface area is 120 Å². The van der Waals surface area contributed by atoms with Crippen molar-refractivity contribution in [3.05, 3.63) is 18.3 Å². The van der Waals surface area contributed by atoms with Crippen LogP contribution in [0.4, 0.5) is 0 Å². The standard InChI is InChI=1S/C14H20N2O3S/c1-2-19-14-7-6-13(8-15-14)20(17,18)16-9-11-4-3-5-12(11)10-16/h6-8,11-12H,2-5,9-10H2,1H3/t11-,12-/m0/s1. The molecule has 110 valence electrons. The van der Waals surface area contributed by atoms with Gasteiger partial charge in [0.1, 0.15) is 4.90 Å². The predicted octanol–water partition coefficient (Wildman–Crippen LogP) is 1.90. The van der Waals surface area contributed by atoms with E-state index in [1.165, 1.54) is 12.6 Å². The zero-order chi connectivity index (χ0) is 14.2. The zero-order valence-corrected chi connectivity index (χ0v) is 12.5. The fourth-order valence-corrected chi connectivity index (χ4v) is 4.79. The summed E-state index contributed by atoms with van der Waals surface area (Å²) in [5.41, 5.74) is 0. The quantitative estimate of drug-likeness (QED) is 0.851. The lowest BCUT2D eigenvalue weighted by Crippen LogP contribution is -2.29. The predicted molar refractivity (Wildman–Crippen MR) is 75.0 cm³/mol. The third-order valence-electron chi connectivity index (χ3n) is 4.33. The fraction of sp³-hybridized carbons (Fsp3) is 0.643. The van der Waals surface area contributed by atoms with Gasteiger partial charge >= 0.3 is 0 Å². The molecule has 1 saturated heterocycles. The molecule has 2 fully saturated rings. The largest absolute Gasteiger partial charge is 0.478 e. The molecular formula is C14H20N2O3S.